The monoisotopic (exact) mass is 469 g/mol. The molecule has 1 saturated carbocycles. The number of nitrogens with two attached hydrogens (primary N) is 1. The molecule has 178 valence electrons. The normalized spacial score (nSPS) is 18.4. The molecular weight excluding hydrogens is 442 g/mol. The van der Waals surface area contributed by atoms with Gasteiger partial charge >= 0.3 is 0 Å². The maximum Gasteiger partial charge on any atom is 0.300 e. The molecule has 1 aliphatic carbocycles. The number of nitrogens with zero attached hydrogens (tertiary/aromatic N) is 5. The second-order valence-corrected chi connectivity index (χ2v) is 9.36. The van der Waals surface area contributed by atoms with E-state index in [9.17, 15) is 5.11 Å². The van der Waals surface area contributed by atoms with Crippen molar-refractivity contribution in [2.24, 2.45) is 0 Å². The van der Waals surface area contributed by atoms with Gasteiger partial charge in [0.1, 0.15) is 23.4 Å². The van der Waals surface area contributed by atoms with Crippen LogP contribution in [0, 0.1) is 13.8 Å². The summed E-state index contributed by atoms with van der Waals surface area (Å²) in [7, 11) is 0. The third kappa shape index (κ3) is 3.87. The van der Waals surface area contributed by atoms with Crippen LogP contribution in [0.3, 0.4) is 0 Å². The van der Waals surface area contributed by atoms with E-state index < -0.39 is 0 Å². The molecule has 0 radical (unpaired) electrons. The van der Waals surface area contributed by atoms with Gasteiger partial charge in [0.15, 0.2) is 11.2 Å². The van der Waals surface area contributed by atoms with Gasteiger partial charge in [-0.2, -0.15) is 10.1 Å². The molecule has 5 aromatic rings. The van der Waals surface area contributed by atoms with Crippen molar-refractivity contribution in [1.82, 2.24) is 24.7 Å². The highest BCUT2D eigenvalue weighted by Gasteiger charge is 2.26. The maximum atomic E-state index is 9.92. The zero-order valence-corrected chi connectivity index (χ0v) is 19.7. The number of fused-ring (bicyclic) bond motifs is 2. The molecule has 3 heterocycles. The van der Waals surface area contributed by atoms with Crippen LogP contribution in [0.15, 0.2) is 47.1 Å². The average Bonchev–Trinajstić information content (AvgIpc) is 3.43. The molecule has 9 nitrogen and oxygen atoms in total. The fourth-order valence-corrected chi connectivity index (χ4v) is 5.02. The number of oxazole rings is 1. The fourth-order valence-electron chi connectivity index (χ4n) is 5.02. The maximum absolute atomic E-state index is 9.92. The number of rotatable bonds is 4. The van der Waals surface area contributed by atoms with Gasteiger partial charge in [-0.3, -0.25) is 0 Å². The van der Waals surface area contributed by atoms with Crippen molar-refractivity contribution in [2.45, 2.75) is 51.7 Å². The molecule has 1 aliphatic rings. The Kier molecular flexibility index (Phi) is 5.14. The van der Waals surface area contributed by atoms with Crippen LogP contribution >= 0.6 is 0 Å². The molecule has 0 aliphatic heterocycles. The number of hydrogen-bond donors (Lipinski definition) is 3. The van der Waals surface area contributed by atoms with Crippen molar-refractivity contribution in [2.75, 3.05) is 11.1 Å². The lowest BCUT2D eigenvalue weighted by atomic mass is 9.93. The minimum Gasteiger partial charge on any atom is -0.423 e. The van der Waals surface area contributed by atoms with E-state index in [0.29, 0.717) is 11.8 Å². The molecule has 35 heavy (non-hydrogen) atoms. The lowest BCUT2D eigenvalue weighted by Gasteiger charge is -2.25. The molecule has 3 aromatic heterocycles. The van der Waals surface area contributed by atoms with Crippen molar-refractivity contribution in [3.8, 4) is 11.3 Å². The Hall–Kier alpha value is -3.98. The molecule has 6 rings (SSSR count). The van der Waals surface area contributed by atoms with Crippen molar-refractivity contribution in [3.63, 3.8) is 0 Å². The fraction of sp³-hybridized carbons (Fsp3) is 0.308. The van der Waals surface area contributed by atoms with E-state index in [1.807, 2.05) is 48.9 Å². The first kappa shape index (κ1) is 21.5. The number of aryl methyl sites for hydroxylation is 2. The van der Waals surface area contributed by atoms with Gasteiger partial charge in [-0.1, -0.05) is 18.2 Å². The van der Waals surface area contributed by atoms with Crippen molar-refractivity contribution in [3.05, 3.63) is 53.9 Å². The number of aliphatic hydroxyl groups is 1. The third-order valence-electron chi connectivity index (χ3n) is 6.76. The number of aliphatic hydroxyl groups excluding tert-OH is 1. The van der Waals surface area contributed by atoms with Gasteiger partial charge < -0.3 is 20.6 Å². The lowest BCUT2D eigenvalue weighted by molar-refractivity contribution is 0.109. The van der Waals surface area contributed by atoms with E-state index >= 15 is 0 Å². The zero-order valence-electron chi connectivity index (χ0n) is 19.7. The molecule has 0 saturated heterocycles. The molecule has 2 aromatic carbocycles. The van der Waals surface area contributed by atoms with Crippen LogP contribution in [0.5, 0.6) is 0 Å². The molecule has 0 spiro atoms. The number of anilines is 3. The molecule has 4 N–H and O–H groups in total. The van der Waals surface area contributed by atoms with Gasteiger partial charge in [-0.05, 0) is 68.9 Å². The second kappa shape index (κ2) is 8.35. The van der Waals surface area contributed by atoms with E-state index in [1.54, 1.807) is 0 Å². The first-order chi connectivity index (χ1) is 17.0. The molecule has 0 amide bonds. The average molecular weight is 470 g/mol. The summed E-state index contributed by atoms with van der Waals surface area (Å²) in [6.07, 6.45) is 4.48. The number of hydrogen-bond acceptors (Lipinski definition) is 8. The Bertz CT molecular complexity index is 1530. The Labute approximate surface area is 202 Å². The summed E-state index contributed by atoms with van der Waals surface area (Å²) >= 11 is 0. The molecule has 0 unspecified atom stereocenters. The lowest BCUT2D eigenvalue weighted by Crippen LogP contribution is -2.22. The summed E-state index contributed by atoms with van der Waals surface area (Å²) < 4.78 is 7.90. The molecule has 0 atom stereocenters. The number of nitrogen functional groups attached to an aromatic ring is 1. The number of nitrogens with one attached hydrogen (secondary N) is 1. The van der Waals surface area contributed by atoms with Crippen LogP contribution in [0.25, 0.3) is 33.4 Å². The van der Waals surface area contributed by atoms with Gasteiger partial charge in [0, 0.05) is 11.3 Å². The summed E-state index contributed by atoms with van der Waals surface area (Å²) in [6, 6.07) is 12.6. The minimum atomic E-state index is -0.235. The molecule has 9 heteroatoms. The van der Waals surface area contributed by atoms with Gasteiger partial charge in [0.25, 0.3) is 6.01 Å². The first-order valence-electron chi connectivity index (χ1n) is 11.9. The second-order valence-electron chi connectivity index (χ2n) is 9.36. The summed E-state index contributed by atoms with van der Waals surface area (Å²) in [4.78, 5) is 13.3. The highest BCUT2D eigenvalue weighted by molar-refractivity contribution is 5.98. The van der Waals surface area contributed by atoms with Crippen molar-refractivity contribution >= 4 is 39.7 Å². The quantitative estimate of drug-likeness (QED) is 0.333. The smallest absolute Gasteiger partial charge is 0.300 e. The van der Waals surface area contributed by atoms with Gasteiger partial charge in [-0.15, -0.1) is 0 Å². The van der Waals surface area contributed by atoms with Crippen LogP contribution < -0.4 is 11.1 Å². The number of benzene rings is 2. The molecule has 1 fully saturated rings. The summed E-state index contributed by atoms with van der Waals surface area (Å²) in [5, 5.41) is 18.9. The number of aromatic nitrogens is 5. The van der Waals surface area contributed by atoms with E-state index in [2.05, 4.69) is 26.3 Å². The Morgan fingerprint density at radius 1 is 1.06 bits per heavy atom. The van der Waals surface area contributed by atoms with E-state index in [1.165, 1.54) is 6.33 Å². The van der Waals surface area contributed by atoms with Gasteiger partial charge in [0.2, 0.25) is 0 Å². The highest BCUT2D eigenvalue weighted by atomic mass is 16.4. The third-order valence-corrected chi connectivity index (χ3v) is 6.76. The first-order valence-corrected chi connectivity index (χ1v) is 11.9. The van der Waals surface area contributed by atoms with E-state index in [4.69, 9.17) is 15.2 Å². The predicted octanol–water partition coefficient (Wildman–Crippen LogP) is 5.05. The zero-order chi connectivity index (χ0) is 24.1. The summed E-state index contributed by atoms with van der Waals surface area (Å²) in [5.41, 5.74) is 13.4. The van der Waals surface area contributed by atoms with Crippen LogP contribution in [0.2, 0.25) is 0 Å². The van der Waals surface area contributed by atoms with E-state index in [0.717, 1.165) is 75.9 Å². The minimum absolute atomic E-state index is 0.177. The Morgan fingerprint density at radius 3 is 2.60 bits per heavy atom. The Morgan fingerprint density at radius 2 is 1.83 bits per heavy atom. The summed E-state index contributed by atoms with van der Waals surface area (Å²) in [6.45, 7) is 4.07. The van der Waals surface area contributed by atoms with Crippen LogP contribution in [0.4, 0.5) is 17.5 Å². The van der Waals surface area contributed by atoms with Gasteiger partial charge in [-0.25, -0.2) is 14.6 Å². The van der Waals surface area contributed by atoms with Crippen molar-refractivity contribution < 1.29 is 9.52 Å². The molecular formula is C26H27N7O2. The van der Waals surface area contributed by atoms with Crippen LogP contribution in [0.1, 0.15) is 42.9 Å². The highest BCUT2D eigenvalue weighted by Crippen LogP contribution is 2.36. The van der Waals surface area contributed by atoms with Crippen LogP contribution in [-0.2, 0) is 0 Å². The predicted molar refractivity (Wildman–Crippen MR) is 135 cm³/mol. The topological polar surface area (TPSA) is 128 Å². The van der Waals surface area contributed by atoms with E-state index in [-0.39, 0.29) is 12.1 Å². The molecule has 0 bridgehead atoms. The van der Waals surface area contributed by atoms with Gasteiger partial charge in [0.05, 0.1) is 17.5 Å². The SMILES string of the molecule is Cc1cc(C)c2oc(Nc3ccc(-c4nn(C5CCC(O)CC5)c5ncnc(N)c45)cc3)nc2c1. The standard InChI is InChI=1S/C26H27N7O2/c1-14-11-15(2)23-20(12-14)31-26(35-23)30-17-5-3-16(4-6-17)22-21-24(27)28-13-29-25(21)33(32-22)18-7-9-19(34)10-8-18/h3-6,11-13,18-19,34H,7-10H2,1-2H3,(H,30,31)(H2,27,28,29). The largest absolute Gasteiger partial charge is 0.423 e. The van der Waals surface area contributed by atoms with Crippen LogP contribution in [-0.4, -0.2) is 35.9 Å². The summed E-state index contributed by atoms with van der Waals surface area (Å²) in [5.74, 6) is 0.409. The van der Waals surface area contributed by atoms with Crippen molar-refractivity contribution in [1.29, 1.82) is 0 Å². The Balaban J connectivity index is 1.32.